The molecular formula is C18H20Cl3N5O. The van der Waals surface area contributed by atoms with Crippen molar-refractivity contribution in [2.45, 2.75) is 18.9 Å². The SMILES string of the molecule is CN(CC(=O)Nc1cc(Cl)c(Cl)cc1Cl)CC1CCCN1c1cccnn1. The molecule has 3 rings (SSSR count). The maximum atomic E-state index is 12.4. The van der Waals surface area contributed by atoms with Crippen molar-refractivity contribution >= 4 is 52.2 Å². The Morgan fingerprint density at radius 2 is 2.07 bits per heavy atom. The number of nitrogens with zero attached hydrogens (tertiary/aromatic N) is 4. The molecule has 2 heterocycles. The van der Waals surface area contributed by atoms with E-state index >= 15 is 0 Å². The number of anilines is 2. The smallest absolute Gasteiger partial charge is 0.238 e. The van der Waals surface area contributed by atoms with Crippen molar-refractivity contribution in [3.05, 3.63) is 45.5 Å². The molecule has 1 N–H and O–H groups in total. The van der Waals surface area contributed by atoms with E-state index in [0.717, 1.165) is 31.7 Å². The van der Waals surface area contributed by atoms with Gasteiger partial charge >= 0.3 is 0 Å². The van der Waals surface area contributed by atoms with E-state index in [9.17, 15) is 4.79 Å². The van der Waals surface area contributed by atoms with Crippen LogP contribution < -0.4 is 10.2 Å². The molecule has 2 aromatic rings. The average Bonchev–Trinajstić information content (AvgIpc) is 3.08. The number of benzene rings is 1. The Balaban J connectivity index is 1.56. The van der Waals surface area contributed by atoms with E-state index in [0.29, 0.717) is 26.8 Å². The molecule has 9 heteroatoms. The molecule has 1 aromatic carbocycles. The minimum atomic E-state index is -0.165. The van der Waals surface area contributed by atoms with Gasteiger partial charge in [0.2, 0.25) is 5.91 Å². The van der Waals surface area contributed by atoms with Crippen LogP contribution in [0.3, 0.4) is 0 Å². The van der Waals surface area contributed by atoms with E-state index in [2.05, 4.69) is 20.4 Å². The van der Waals surface area contributed by atoms with Crippen LogP contribution >= 0.6 is 34.8 Å². The van der Waals surface area contributed by atoms with Gasteiger partial charge in [-0.25, -0.2) is 0 Å². The lowest BCUT2D eigenvalue weighted by molar-refractivity contribution is -0.117. The molecule has 6 nitrogen and oxygen atoms in total. The Bertz CT molecular complexity index is 805. The van der Waals surface area contributed by atoms with Crippen molar-refractivity contribution in [3.8, 4) is 0 Å². The topological polar surface area (TPSA) is 61.4 Å². The summed E-state index contributed by atoms with van der Waals surface area (Å²) in [6.45, 7) is 1.93. The third kappa shape index (κ3) is 5.23. The molecule has 0 radical (unpaired) electrons. The summed E-state index contributed by atoms with van der Waals surface area (Å²) in [5.41, 5.74) is 0.450. The number of halogens is 3. The first-order valence-electron chi connectivity index (χ1n) is 8.61. The highest BCUT2D eigenvalue weighted by Gasteiger charge is 2.27. The quantitative estimate of drug-likeness (QED) is 0.705. The fourth-order valence-electron chi connectivity index (χ4n) is 3.25. The molecule has 1 unspecified atom stereocenters. The number of aromatic nitrogens is 2. The zero-order valence-corrected chi connectivity index (χ0v) is 17.1. The Hall–Kier alpha value is -1.60. The summed E-state index contributed by atoms with van der Waals surface area (Å²) in [6, 6.07) is 7.21. The van der Waals surface area contributed by atoms with Crippen LogP contribution in [0.4, 0.5) is 11.5 Å². The average molecular weight is 429 g/mol. The Kier molecular flexibility index (Phi) is 6.76. The third-order valence-corrected chi connectivity index (χ3v) is 5.48. The second-order valence-electron chi connectivity index (χ2n) is 6.56. The number of hydrogen-bond acceptors (Lipinski definition) is 5. The summed E-state index contributed by atoms with van der Waals surface area (Å²) in [5, 5.41) is 12.0. The number of nitrogens with one attached hydrogen (secondary N) is 1. The number of likely N-dealkylation sites (N-methyl/N-ethyl adjacent to an activating group) is 1. The van der Waals surface area contributed by atoms with Crippen molar-refractivity contribution in [1.29, 1.82) is 0 Å². The van der Waals surface area contributed by atoms with Gasteiger partial charge in [0.05, 0.1) is 27.3 Å². The van der Waals surface area contributed by atoms with Crippen LogP contribution in [0, 0.1) is 0 Å². The van der Waals surface area contributed by atoms with Crippen molar-refractivity contribution < 1.29 is 4.79 Å². The third-order valence-electron chi connectivity index (χ3n) is 4.45. The van der Waals surface area contributed by atoms with Gasteiger partial charge in [-0.2, -0.15) is 5.10 Å². The van der Waals surface area contributed by atoms with Crippen LogP contribution in [0.15, 0.2) is 30.5 Å². The predicted molar refractivity (Wildman–Crippen MR) is 110 cm³/mol. The van der Waals surface area contributed by atoms with Crippen LogP contribution in [-0.4, -0.2) is 53.7 Å². The van der Waals surface area contributed by atoms with Gasteiger partial charge in [0.25, 0.3) is 0 Å². The maximum absolute atomic E-state index is 12.4. The molecule has 0 bridgehead atoms. The molecule has 144 valence electrons. The van der Waals surface area contributed by atoms with Gasteiger partial charge in [0.15, 0.2) is 5.82 Å². The largest absolute Gasteiger partial charge is 0.351 e. The van der Waals surface area contributed by atoms with Gasteiger partial charge < -0.3 is 10.2 Å². The highest BCUT2D eigenvalue weighted by molar-refractivity contribution is 6.44. The fourth-order valence-corrected chi connectivity index (χ4v) is 3.85. The van der Waals surface area contributed by atoms with Crippen molar-refractivity contribution in [2.24, 2.45) is 0 Å². The van der Waals surface area contributed by atoms with Gasteiger partial charge in [-0.15, -0.1) is 5.10 Å². The van der Waals surface area contributed by atoms with Crippen molar-refractivity contribution in [3.63, 3.8) is 0 Å². The first-order chi connectivity index (χ1) is 12.9. The lowest BCUT2D eigenvalue weighted by Crippen LogP contribution is -2.42. The molecule has 27 heavy (non-hydrogen) atoms. The van der Waals surface area contributed by atoms with Gasteiger partial charge in [0, 0.05) is 25.3 Å². The monoisotopic (exact) mass is 427 g/mol. The van der Waals surface area contributed by atoms with Gasteiger partial charge in [0.1, 0.15) is 0 Å². The second-order valence-corrected chi connectivity index (χ2v) is 7.78. The summed E-state index contributed by atoms with van der Waals surface area (Å²) in [5.74, 6) is 0.710. The number of hydrogen-bond donors (Lipinski definition) is 1. The lowest BCUT2D eigenvalue weighted by Gasteiger charge is -2.29. The Morgan fingerprint density at radius 3 is 2.81 bits per heavy atom. The van der Waals surface area contributed by atoms with Crippen LogP contribution in [-0.2, 0) is 4.79 Å². The van der Waals surface area contributed by atoms with E-state index in [1.807, 2.05) is 24.1 Å². The summed E-state index contributed by atoms with van der Waals surface area (Å²) >= 11 is 18.0. The van der Waals surface area contributed by atoms with E-state index in [4.69, 9.17) is 34.8 Å². The summed E-state index contributed by atoms with van der Waals surface area (Å²) in [6.07, 6.45) is 3.82. The molecule has 1 saturated heterocycles. The lowest BCUT2D eigenvalue weighted by atomic mass is 10.2. The van der Waals surface area contributed by atoms with Crippen LogP contribution in [0.2, 0.25) is 15.1 Å². The first-order valence-corrected chi connectivity index (χ1v) is 9.74. The van der Waals surface area contributed by atoms with Gasteiger partial charge in [-0.1, -0.05) is 34.8 Å². The molecule has 1 aliphatic heterocycles. The van der Waals surface area contributed by atoms with E-state index in [-0.39, 0.29) is 12.5 Å². The highest BCUT2D eigenvalue weighted by Crippen LogP contribution is 2.32. The molecule has 1 aliphatic rings. The fraction of sp³-hybridized carbons (Fsp3) is 0.389. The molecule has 0 aliphatic carbocycles. The van der Waals surface area contributed by atoms with E-state index in [1.165, 1.54) is 6.07 Å². The molecule has 1 amide bonds. The van der Waals surface area contributed by atoms with Crippen molar-refractivity contribution in [1.82, 2.24) is 15.1 Å². The first kappa shape index (κ1) is 20.1. The number of carbonyl (C=O) groups excluding carboxylic acids is 1. The normalized spacial score (nSPS) is 16.8. The highest BCUT2D eigenvalue weighted by atomic mass is 35.5. The number of rotatable bonds is 6. The summed E-state index contributed by atoms with van der Waals surface area (Å²) in [7, 11) is 1.92. The predicted octanol–water partition coefficient (Wildman–Crippen LogP) is 3.98. The Morgan fingerprint density at radius 1 is 1.30 bits per heavy atom. The molecule has 1 fully saturated rings. The van der Waals surface area contributed by atoms with Crippen molar-refractivity contribution in [2.75, 3.05) is 36.9 Å². The second kappa shape index (κ2) is 9.06. The molecule has 0 saturated carbocycles. The minimum Gasteiger partial charge on any atom is -0.351 e. The number of carbonyl (C=O) groups is 1. The van der Waals surface area contributed by atoms with Crippen LogP contribution in [0.5, 0.6) is 0 Å². The zero-order chi connectivity index (χ0) is 19.4. The van der Waals surface area contributed by atoms with Crippen LogP contribution in [0.1, 0.15) is 12.8 Å². The summed E-state index contributed by atoms with van der Waals surface area (Å²) < 4.78 is 0. The van der Waals surface area contributed by atoms with E-state index in [1.54, 1.807) is 12.3 Å². The zero-order valence-electron chi connectivity index (χ0n) is 14.8. The molecule has 1 atom stereocenters. The summed E-state index contributed by atoms with van der Waals surface area (Å²) in [4.78, 5) is 16.6. The van der Waals surface area contributed by atoms with Crippen LogP contribution in [0.25, 0.3) is 0 Å². The molecular weight excluding hydrogens is 409 g/mol. The maximum Gasteiger partial charge on any atom is 0.238 e. The minimum absolute atomic E-state index is 0.165. The number of amides is 1. The van der Waals surface area contributed by atoms with E-state index < -0.39 is 0 Å². The standard InChI is InChI=1S/C18H20Cl3N5O/c1-25(10-12-4-3-7-26(12)17-5-2-6-22-24-17)11-18(27)23-16-9-14(20)13(19)8-15(16)21/h2,5-6,8-9,12H,3-4,7,10-11H2,1H3,(H,23,27). The Labute approximate surface area is 173 Å². The molecule has 1 aromatic heterocycles. The van der Waals surface area contributed by atoms with Gasteiger partial charge in [-0.3, -0.25) is 9.69 Å². The van der Waals surface area contributed by atoms with Gasteiger partial charge in [-0.05, 0) is 44.2 Å². The molecule has 0 spiro atoms.